The van der Waals surface area contributed by atoms with Gasteiger partial charge in [-0.3, -0.25) is 4.79 Å². The first-order chi connectivity index (χ1) is 8.61. The molecule has 3 N–H and O–H groups in total. The Balaban J connectivity index is 2.10. The minimum atomic E-state index is -0.0774. The second kappa shape index (κ2) is 5.59. The summed E-state index contributed by atoms with van der Waals surface area (Å²) >= 11 is 5.89. The zero-order valence-electron chi connectivity index (χ0n) is 10.1. The minimum Gasteiger partial charge on any atom is -0.398 e. The fourth-order valence-corrected chi connectivity index (χ4v) is 2.37. The Bertz CT molecular complexity index is 443. The van der Waals surface area contributed by atoms with Crippen molar-refractivity contribution in [3.63, 3.8) is 0 Å². The van der Waals surface area contributed by atoms with E-state index in [0.29, 0.717) is 35.3 Å². The number of piperidine rings is 1. The first-order valence-corrected chi connectivity index (χ1v) is 6.44. The Hall–Kier alpha value is -1.26. The second-order valence-corrected chi connectivity index (χ2v) is 5.09. The molecule has 0 bridgehead atoms. The van der Waals surface area contributed by atoms with E-state index in [1.165, 1.54) is 0 Å². The third-order valence-corrected chi connectivity index (χ3v) is 3.64. The zero-order valence-corrected chi connectivity index (χ0v) is 10.9. The molecular formula is C13H17ClN2O2. The zero-order chi connectivity index (χ0) is 13.1. The molecule has 5 heteroatoms. The number of hydrogen-bond donors (Lipinski definition) is 2. The Morgan fingerprint density at radius 2 is 2.11 bits per heavy atom. The van der Waals surface area contributed by atoms with Gasteiger partial charge in [-0.05, 0) is 37.0 Å². The molecule has 0 spiro atoms. The van der Waals surface area contributed by atoms with Crippen molar-refractivity contribution >= 4 is 23.2 Å². The molecule has 0 atom stereocenters. The van der Waals surface area contributed by atoms with Crippen LogP contribution in [0.25, 0.3) is 0 Å². The Morgan fingerprint density at radius 3 is 2.72 bits per heavy atom. The largest absolute Gasteiger partial charge is 0.398 e. The molecule has 0 unspecified atom stereocenters. The van der Waals surface area contributed by atoms with Gasteiger partial charge in [-0.1, -0.05) is 11.6 Å². The van der Waals surface area contributed by atoms with Crippen LogP contribution in [0.4, 0.5) is 5.69 Å². The number of aliphatic hydroxyl groups is 1. The highest BCUT2D eigenvalue weighted by molar-refractivity contribution is 6.31. The summed E-state index contributed by atoms with van der Waals surface area (Å²) in [6.45, 7) is 1.52. The highest BCUT2D eigenvalue weighted by atomic mass is 35.5. The third-order valence-electron chi connectivity index (χ3n) is 3.41. The maximum absolute atomic E-state index is 12.3. The van der Waals surface area contributed by atoms with Crippen LogP contribution in [0.3, 0.4) is 0 Å². The molecule has 0 aromatic heterocycles. The highest BCUT2D eigenvalue weighted by Gasteiger charge is 2.24. The van der Waals surface area contributed by atoms with Gasteiger partial charge in [-0.2, -0.15) is 0 Å². The average molecular weight is 269 g/mol. The quantitative estimate of drug-likeness (QED) is 0.804. The summed E-state index contributed by atoms with van der Waals surface area (Å²) in [4.78, 5) is 14.1. The normalized spacial score (nSPS) is 16.9. The van der Waals surface area contributed by atoms with Gasteiger partial charge in [0.15, 0.2) is 0 Å². The van der Waals surface area contributed by atoms with E-state index in [0.717, 1.165) is 12.8 Å². The van der Waals surface area contributed by atoms with Crippen LogP contribution in [0.15, 0.2) is 18.2 Å². The van der Waals surface area contributed by atoms with Crippen molar-refractivity contribution in [2.45, 2.75) is 12.8 Å². The summed E-state index contributed by atoms with van der Waals surface area (Å²) < 4.78 is 0. The summed E-state index contributed by atoms with van der Waals surface area (Å²) in [7, 11) is 0. The summed E-state index contributed by atoms with van der Waals surface area (Å²) in [6, 6.07) is 4.93. The van der Waals surface area contributed by atoms with E-state index < -0.39 is 0 Å². The SMILES string of the molecule is Nc1ccc(Cl)cc1C(=O)N1CCC(CO)CC1. The van der Waals surface area contributed by atoms with Crippen molar-refractivity contribution < 1.29 is 9.90 Å². The number of amides is 1. The van der Waals surface area contributed by atoms with E-state index in [4.69, 9.17) is 22.4 Å². The lowest BCUT2D eigenvalue weighted by atomic mass is 9.97. The average Bonchev–Trinajstić information content (AvgIpc) is 2.41. The van der Waals surface area contributed by atoms with Crippen molar-refractivity contribution in [3.05, 3.63) is 28.8 Å². The lowest BCUT2D eigenvalue weighted by molar-refractivity contribution is 0.0652. The fourth-order valence-electron chi connectivity index (χ4n) is 2.20. The van der Waals surface area contributed by atoms with Crippen molar-refractivity contribution in [2.24, 2.45) is 5.92 Å². The highest BCUT2D eigenvalue weighted by Crippen LogP contribution is 2.23. The number of halogens is 1. The number of nitrogens with two attached hydrogens (primary N) is 1. The maximum atomic E-state index is 12.3. The van der Waals surface area contributed by atoms with Crippen LogP contribution >= 0.6 is 11.6 Å². The molecular weight excluding hydrogens is 252 g/mol. The predicted octanol–water partition coefficient (Wildman–Crippen LogP) is 1.77. The van der Waals surface area contributed by atoms with E-state index >= 15 is 0 Å². The fraction of sp³-hybridized carbons (Fsp3) is 0.462. The molecule has 1 aliphatic rings. The number of nitrogen functional groups attached to an aromatic ring is 1. The number of nitrogens with zero attached hydrogens (tertiary/aromatic N) is 1. The monoisotopic (exact) mass is 268 g/mol. The lowest BCUT2D eigenvalue weighted by Crippen LogP contribution is -2.39. The molecule has 1 aliphatic heterocycles. The molecule has 2 rings (SSSR count). The predicted molar refractivity (Wildman–Crippen MR) is 71.6 cm³/mol. The van der Waals surface area contributed by atoms with Gasteiger partial charge < -0.3 is 15.7 Å². The molecule has 1 aromatic rings. The van der Waals surface area contributed by atoms with E-state index in [-0.39, 0.29) is 12.5 Å². The minimum absolute atomic E-state index is 0.0774. The van der Waals surface area contributed by atoms with Gasteiger partial charge in [0.25, 0.3) is 5.91 Å². The van der Waals surface area contributed by atoms with Gasteiger partial charge in [0.05, 0.1) is 5.56 Å². The van der Waals surface area contributed by atoms with E-state index in [1.54, 1.807) is 23.1 Å². The smallest absolute Gasteiger partial charge is 0.255 e. The van der Waals surface area contributed by atoms with Gasteiger partial charge in [-0.15, -0.1) is 0 Å². The molecule has 1 saturated heterocycles. The second-order valence-electron chi connectivity index (χ2n) is 4.65. The van der Waals surface area contributed by atoms with E-state index in [1.807, 2.05) is 0 Å². The molecule has 1 amide bonds. The van der Waals surface area contributed by atoms with E-state index in [9.17, 15) is 4.79 Å². The van der Waals surface area contributed by atoms with Crippen LogP contribution in [0.1, 0.15) is 23.2 Å². The molecule has 0 saturated carbocycles. The molecule has 0 radical (unpaired) electrons. The van der Waals surface area contributed by atoms with Gasteiger partial charge in [0.2, 0.25) is 0 Å². The maximum Gasteiger partial charge on any atom is 0.255 e. The van der Waals surface area contributed by atoms with E-state index in [2.05, 4.69) is 0 Å². The van der Waals surface area contributed by atoms with Crippen molar-refractivity contribution in [1.29, 1.82) is 0 Å². The molecule has 98 valence electrons. The topological polar surface area (TPSA) is 66.6 Å². The first-order valence-electron chi connectivity index (χ1n) is 6.07. The molecule has 1 aromatic carbocycles. The van der Waals surface area contributed by atoms with Crippen molar-refractivity contribution in [3.8, 4) is 0 Å². The summed E-state index contributed by atoms with van der Waals surface area (Å²) in [5.41, 5.74) is 6.72. The molecule has 18 heavy (non-hydrogen) atoms. The summed E-state index contributed by atoms with van der Waals surface area (Å²) in [6.07, 6.45) is 1.67. The molecule has 4 nitrogen and oxygen atoms in total. The lowest BCUT2D eigenvalue weighted by Gasteiger charge is -2.31. The molecule has 1 heterocycles. The van der Waals surface area contributed by atoms with Crippen LogP contribution in [0.2, 0.25) is 5.02 Å². The Labute approximate surface area is 111 Å². The van der Waals surface area contributed by atoms with Crippen LogP contribution in [0, 0.1) is 5.92 Å². The number of anilines is 1. The Morgan fingerprint density at radius 1 is 1.44 bits per heavy atom. The number of rotatable bonds is 2. The van der Waals surface area contributed by atoms with Crippen LogP contribution in [-0.4, -0.2) is 35.6 Å². The number of hydrogen-bond acceptors (Lipinski definition) is 3. The standard InChI is InChI=1S/C13H17ClN2O2/c14-10-1-2-12(15)11(7-10)13(18)16-5-3-9(8-17)4-6-16/h1-2,7,9,17H,3-6,8,15H2. The van der Waals surface area contributed by atoms with Gasteiger partial charge in [0.1, 0.15) is 0 Å². The van der Waals surface area contributed by atoms with Crippen LogP contribution < -0.4 is 5.73 Å². The number of carbonyl (C=O) groups excluding carboxylic acids is 1. The van der Waals surface area contributed by atoms with Gasteiger partial charge >= 0.3 is 0 Å². The Kier molecular flexibility index (Phi) is 4.09. The van der Waals surface area contributed by atoms with Crippen molar-refractivity contribution in [1.82, 2.24) is 4.90 Å². The molecule has 1 fully saturated rings. The summed E-state index contributed by atoms with van der Waals surface area (Å²) in [5, 5.41) is 9.58. The number of aliphatic hydroxyl groups excluding tert-OH is 1. The number of benzene rings is 1. The first kappa shape index (κ1) is 13.2. The third kappa shape index (κ3) is 2.76. The van der Waals surface area contributed by atoms with Crippen molar-refractivity contribution in [2.75, 3.05) is 25.4 Å². The molecule has 0 aliphatic carbocycles. The van der Waals surface area contributed by atoms with Gasteiger partial charge in [0, 0.05) is 30.4 Å². The van der Waals surface area contributed by atoms with Crippen LogP contribution in [0.5, 0.6) is 0 Å². The summed E-state index contributed by atoms with van der Waals surface area (Å²) in [5.74, 6) is 0.233. The van der Waals surface area contributed by atoms with Crippen LogP contribution in [-0.2, 0) is 0 Å². The van der Waals surface area contributed by atoms with Gasteiger partial charge in [-0.25, -0.2) is 0 Å². The number of carbonyl (C=O) groups is 1. The number of likely N-dealkylation sites (tertiary alicyclic amines) is 1.